The van der Waals surface area contributed by atoms with Crippen molar-refractivity contribution < 1.29 is 0 Å². The molecular weight excluding hydrogens is 556 g/mol. The van der Waals surface area contributed by atoms with Crippen LogP contribution in [0.3, 0.4) is 0 Å². The van der Waals surface area contributed by atoms with Crippen LogP contribution in [0.5, 0.6) is 0 Å². The lowest BCUT2D eigenvalue weighted by Gasteiger charge is -2.05. The van der Waals surface area contributed by atoms with E-state index in [-0.39, 0.29) is 0 Å². The molecule has 0 atom stereocenters. The highest BCUT2D eigenvalue weighted by molar-refractivity contribution is 6.09. The highest BCUT2D eigenvalue weighted by atomic mass is 15.0. The molecule has 0 saturated carbocycles. The Hall–Kier alpha value is -5.60. The molecule has 2 aromatic heterocycles. The largest absolute Gasteiger partial charge is 0.341 e. The maximum atomic E-state index is 2.41. The first-order chi connectivity index (χ1) is 22.7. The summed E-state index contributed by atoms with van der Waals surface area (Å²) < 4.78 is 4.81. The third-order valence-electron chi connectivity index (χ3n) is 9.32. The molecule has 0 saturated heterocycles. The number of aryl methyl sites for hydroxylation is 2. The molecule has 0 bridgehead atoms. The van der Waals surface area contributed by atoms with Crippen LogP contribution < -0.4 is 0 Å². The summed E-state index contributed by atoms with van der Waals surface area (Å²) in [6, 6.07) is 48.6. The predicted octanol–water partition coefficient (Wildman–Crippen LogP) is 11.9. The van der Waals surface area contributed by atoms with Crippen LogP contribution in [0.2, 0.25) is 0 Å². The summed E-state index contributed by atoms with van der Waals surface area (Å²) in [5.74, 6) is 0. The van der Waals surface area contributed by atoms with Crippen LogP contribution in [0.1, 0.15) is 36.1 Å². The summed E-state index contributed by atoms with van der Waals surface area (Å²) in [7, 11) is 0. The normalized spacial score (nSPS) is 12.1. The third kappa shape index (κ3) is 4.93. The maximum absolute atomic E-state index is 2.41. The second-order valence-electron chi connectivity index (χ2n) is 12.0. The van der Waals surface area contributed by atoms with Gasteiger partial charge in [-0.05, 0) is 71.5 Å². The molecule has 0 aliphatic carbocycles. The zero-order valence-electron chi connectivity index (χ0n) is 26.3. The number of hydrogen-bond acceptors (Lipinski definition) is 0. The fourth-order valence-corrected chi connectivity index (χ4v) is 6.98. The van der Waals surface area contributed by atoms with Crippen molar-refractivity contribution in [1.29, 1.82) is 0 Å². The second kappa shape index (κ2) is 11.7. The van der Waals surface area contributed by atoms with Crippen molar-refractivity contribution >= 4 is 67.9 Å². The lowest BCUT2D eigenvalue weighted by Crippen LogP contribution is -1.92. The van der Waals surface area contributed by atoms with Gasteiger partial charge in [0.15, 0.2) is 0 Å². The fraction of sp³-hybridized carbons (Fsp3) is 0.0909. The van der Waals surface area contributed by atoms with Gasteiger partial charge in [-0.2, -0.15) is 0 Å². The van der Waals surface area contributed by atoms with E-state index in [0.29, 0.717) is 0 Å². The number of para-hydroxylation sites is 2. The second-order valence-corrected chi connectivity index (χ2v) is 12.0. The third-order valence-corrected chi connectivity index (χ3v) is 9.32. The molecule has 0 fully saturated rings. The SMILES string of the molecule is CCn1c2ccccc2c2ccc(/C=C/c3ccc(-c4ccc(/C=C/c5ccc6c7ccccc7n(CC)c6c5)cc4)cc3)cc21. The van der Waals surface area contributed by atoms with E-state index < -0.39 is 0 Å². The number of rotatable bonds is 7. The van der Waals surface area contributed by atoms with Crippen LogP contribution in [-0.2, 0) is 13.1 Å². The van der Waals surface area contributed by atoms with Crippen LogP contribution in [0.15, 0.2) is 133 Å². The Balaban J connectivity index is 0.979. The molecule has 8 rings (SSSR count). The molecule has 222 valence electrons. The Bertz CT molecular complexity index is 2240. The lowest BCUT2D eigenvalue weighted by atomic mass is 10.0. The van der Waals surface area contributed by atoms with E-state index in [1.807, 2.05) is 0 Å². The van der Waals surface area contributed by atoms with Crippen molar-refractivity contribution in [1.82, 2.24) is 9.13 Å². The van der Waals surface area contributed by atoms with Gasteiger partial charge < -0.3 is 9.13 Å². The van der Waals surface area contributed by atoms with Crippen molar-refractivity contribution in [3.05, 3.63) is 156 Å². The monoisotopic (exact) mass is 592 g/mol. The Morgan fingerprint density at radius 1 is 0.370 bits per heavy atom. The van der Waals surface area contributed by atoms with Gasteiger partial charge in [0.05, 0.1) is 0 Å². The van der Waals surface area contributed by atoms with Crippen LogP contribution in [0, 0.1) is 0 Å². The van der Waals surface area contributed by atoms with Gasteiger partial charge >= 0.3 is 0 Å². The molecule has 0 aliphatic heterocycles. The first-order valence-corrected chi connectivity index (χ1v) is 16.3. The van der Waals surface area contributed by atoms with E-state index in [2.05, 4.69) is 181 Å². The number of fused-ring (bicyclic) bond motifs is 6. The van der Waals surface area contributed by atoms with Gasteiger partial charge in [-0.3, -0.25) is 0 Å². The summed E-state index contributed by atoms with van der Waals surface area (Å²) in [4.78, 5) is 0. The zero-order valence-corrected chi connectivity index (χ0v) is 26.3. The Morgan fingerprint density at radius 2 is 0.717 bits per heavy atom. The highest BCUT2D eigenvalue weighted by Crippen LogP contribution is 2.32. The topological polar surface area (TPSA) is 9.86 Å². The average Bonchev–Trinajstić information content (AvgIpc) is 3.61. The van der Waals surface area contributed by atoms with Crippen LogP contribution >= 0.6 is 0 Å². The summed E-state index contributed by atoms with van der Waals surface area (Å²) in [5, 5.41) is 5.28. The van der Waals surface area contributed by atoms with Crippen molar-refractivity contribution in [2.45, 2.75) is 26.9 Å². The predicted molar refractivity (Wildman–Crippen MR) is 200 cm³/mol. The Labute approximate surface area is 270 Å². The van der Waals surface area contributed by atoms with Gasteiger partial charge in [-0.25, -0.2) is 0 Å². The molecule has 0 unspecified atom stereocenters. The highest BCUT2D eigenvalue weighted by Gasteiger charge is 2.10. The minimum absolute atomic E-state index is 0.956. The number of hydrogen-bond donors (Lipinski definition) is 0. The van der Waals surface area contributed by atoms with E-state index in [1.54, 1.807) is 0 Å². The smallest absolute Gasteiger partial charge is 0.0497 e. The van der Waals surface area contributed by atoms with Gasteiger partial charge in [-0.1, -0.05) is 133 Å². The summed E-state index contributed by atoms with van der Waals surface area (Å²) in [6.07, 6.45) is 8.84. The fourth-order valence-electron chi connectivity index (χ4n) is 6.98. The summed E-state index contributed by atoms with van der Waals surface area (Å²) in [5.41, 5.74) is 12.4. The molecule has 46 heavy (non-hydrogen) atoms. The summed E-state index contributed by atoms with van der Waals surface area (Å²) in [6.45, 7) is 6.35. The van der Waals surface area contributed by atoms with E-state index in [9.17, 15) is 0 Å². The minimum atomic E-state index is 0.956. The Morgan fingerprint density at radius 3 is 1.13 bits per heavy atom. The summed E-state index contributed by atoms with van der Waals surface area (Å²) >= 11 is 0. The van der Waals surface area contributed by atoms with E-state index in [0.717, 1.165) is 13.1 Å². The van der Waals surface area contributed by atoms with Crippen molar-refractivity contribution in [3.63, 3.8) is 0 Å². The van der Waals surface area contributed by atoms with Gasteiger partial charge in [-0.15, -0.1) is 0 Å². The molecule has 0 spiro atoms. The van der Waals surface area contributed by atoms with E-state index in [4.69, 9.17) is 0 Å². The van der Waals surface area contributed by atoms with Crippen LogP contribution in [0.25, 0.3) is 79.0 Å². The molecule has 8 aromatic rings. The quantitative estimate of drug-likeness (QED) is 0.163. The zero-order chi connectivity index (χ0) is 31.0. The molecule has 0 amide bonds. The molecule has 6 aromatic carbocycles. The molecule has 2 heteroatoms. The number of nitrogens with zero attached hydrogens (tertiary/aromatic N) is 2. The molecule has 2 nitrogen and oxygen atoms in total. The number of benzene rings is 6. The lowest BCUT2D eigenvalue weighted by molar-refractivity contribution is 0.827. The molecule has 0 radical (unpaired) electrons. The maximum Gasteiger partial charge on any atom is 0.0497 e. The van der Waals surface area contributed by atoms with Crippen molar-refractivity contribution in [2.24, 2.45) is 0 Å². The first-order valence-electron chi connectivity index (χ1n) is 16.3. The molecule has 0 aliphatic rings. The van der Waals surface area contributed by atoms with E-state index in [1.165, 1.54) is 77.0 Å². The average molecular weight is 593 g/mol. The van der Waals surface area contributed by atoms with Crippen molar-refractivity contribution in [2.75, 3.05) is 0 Å². The molecular formula is C44H36N2. The first kappa shape index (κ1) is 27.9. The molecule has 2 heterocycles. The minimum Gasteiger partial charge on any atom is -0.341 e. The standard InChI is InChI=1S/C44H36N2/c1-3-45-41-11-7-5-9-37(41)39-27-21-33(29-43(39)45)15-13-31-17-23-35(24-18-31)36-25-19-32(20-26-36)14-16-34-22-28-40-38-10-6-8-12-42(38)46(4-2)44(40)30-34/h5-30H,3-4H2,1-2H3/b15-13+,16-14+. The van der Waals surface area contributed by atoms with Crippen LogP contribution in [0.4, 0.5) is 0 Å². The van der Waals surface area contributed by atoms with Crippen molar-refractivity contribution in [3.8, 4) is 11.1 Å². The van der Waals surface area contributed by atoms with E-state index >= 15 is 0 Å². The molecule has 0 N–H and O–H groups in total. The van der Waals surface area contributed by atoms with Gasteiger partial charge in [0, 0.05) is 56.7 Å². The van der Waals surface area contributed by atoms with Crippen LogP contribution in [-0.4, -0.2) is 9.13 Å². The number of aromatic nitrogens is 2. The van der Waals surface area contributed by atoms with Gasteiger partial charge in [0.1, 0.15) is 0 Å². The van der Waals surface area contributed by atoms with Gasteiger partial charge in [0.25, 0.3) is 0 Å². The Kier molecular flexibility index (Phi) is 7.11. The van der Waals surface area contributed by atoms with Gasteiger partial charge in [0.2, 0.25) is 0 Å².